The van der Waals surface area contributed by atoms with Crippen LogP contribution in [0.25, 0.3) is 0 Å². The van der Waals surface area contributed by atoms with Crippen LogP contribution in [0, 0.1) is 5.92 Å². The van der Waals surface area contributed by atoms with Gasteiger partial charge in [-0.3, -0.25) is 0 Å². The highest BCUT2D eigenvalue weighted by atomic mass is 15.2. The summed E-state index contributed by atoms with van der Waals surface area (Å²) in [5, 5.41) is 0. The molecule has 3 nitrogen and oxygen atoms in total. The monoisotopic (exact) mass is 225 g/mol. The molecule has 1 saturated carbocycles. The van der Waals surface area contributed by atoms with Crippen molar-refractivity contribution >= 4 is 0 Å². The van der Waals surface area contributed by atoms with Gasteiger partial charge in [-0.25, -0.2) is 0 Å². The SMILES string of the molecule is NCCCN1CCCN(CC2CCC2)CC1. The third-order valence-corrected chi connectivity index (χ3v) is 4.10. The average Bonchev–Trinajstić information content (AvgIpc) is 2.46. The first-order valence-corrected chi connectivity index (χ1v) is 7.03. The lowest BCUT2D eigenvalue weighted by atomic mass is 9.85. The molecule has 16 heavy (non-hydrogen) atoms. The lowest BCUT2D eigenvalue weighted by molar-refractivity contribution is 0.179. The van der Waals surface area contributed by atoms with Gasteiger partial charge in [0.15, 0.2) is 0 Å². The zero-order chi connectivity index (χ0) is 11.2. The zero-order valence-corrected chi connectivity index (χ0v) is 10.5. The van der Waals surface area contributed by atoms with Crippen molar-refractivity contribution in [3.05, 3.63) is 0 Å². The Labute approximate surface area is 100.0 Å². The van der Waals surface area contributed by atoms with Crippen molar-refractivity contribution in [1.29, 1.82) is 0 Å². The van der Waals surface area contributed by atoms with Crippen molar-refractivity contribution in [2.24, 2.45) is 11.7 Å². The van der Waals surface area contributed by atoms with Crippen LogP contribution in [-0.4, -0.2) is 55.6 Å². The highest BCUT2D eigenvalue weighted by Gasteiger charge is 2.22. The highest BCUT2D eigenvalue weighted by molar-refractivity contribution is 4.76. The van der Waals surface area contributed by atoms with Gasteiger partial charge in [0.2, 0.25) is 0 Å². The minimum atomic E-state index is 0.836. The van der Waals surface area contributed by atoms with Gasteiger partial charge in [0.1, 0.15) is 0 Å². The summed E-state index contributed by atoms with van der Waals surface area (Å²) in [5.41, 5.74) is 5.57. The molecule has 0 spiro atoms. The fourth-order valence-corrected chi connectivity index (χ4v) is 2.79. The lowest BCUT2D eigenvalue weighted by Crippen LogP contribution is -2.36. The van der Waals surface area contributed by atoms with Crippen LogP contribution in [0.3, 0.4) is 0 Å². The third-order valence-electron chi connectivity index (χ3n) is 4.10. The van der Waals surface area contributed by atoms with E-state index in [0.29, 0.717) is 0 Å². The van der Waals surface area contributed by atoms with Gasteiger partial charge in [-0.2, -0.15) is 0 Å². The van der Waals surface area contributed by atoms with E-state index in [-0.39, 0.29) is 0 Å². The van der Waals surface area contributed by atoms with Crippen LogP contribution in [-0.2, 0) is 0 Å². The first-order valence-electron chi connectivity index (χ1n) is 7.03. The molecule has 1 aliphatic heterocycles. The number of nitrogens with two attached hydrogens (primary N) is 1. The normalized spacial score (nSPS) is 25.3. The summed E-state index contributed by atoms with van der Waals surface area (Å²) in [5.74, 6) is 1.02. The molecule has 0 radical (unpaired) electrons. The van der Waals surface area contributed by atoms with E-state index < -0.39 is 0 Å². The second-order valence-electron chi connectivity index (χ2n) is 5.43. The predicted molar refractivity (Wildman–Crippen MR) is 68.5 cm³/mol. The standard InChI is InChI=1S/C13H27N3/c14-6-2-7-15-8-3-9-16(11-10-15)12-13-4-1-5-13/h13H,1-12,14H2. The first-order chi connectivity index (χ1) is 7.88. The number of rotatable bonds is 5. The molecular weight excluding hydrogens is 198 g/mol. The van der Waals surface area contributed by atoms with Crippen molar-refractivity contribution < 1.29 is 0 Å². The van der Waals surface area contributed by atoms with Crippen LogP contribution >= 0.6 is 0 Å². The molecule has 94 valence electrons. The molecule has 0 unspecified atom stereocenters. The Bertz CT molecular complexity index is 192. The van der Waals surface area contributed by atoms with E-state index in [4.69, 9.17) is 5.73 Å². The molecule has 3 heteroatoms. The fourth-order valence-electron chi connectivity index (χ4n) is 2.79. The van der Waals surface area contributed by atoms with E-state index in [2.05, 4.69) is 9.80 Å². The summed E-state index contributed by atoms with van der Waals surface area (Å²) in [6.07, 6.45) is 6.93. The maximum atomic E-state index is 5.57. The maximum Gasteiger partial charge on any atom is 0.0109 e. The molecule has 1 aliphatic carbocycles. The molecular formula is C13H27N3. The quantitative estimate of drug-likeness (QED) is 0.761. The Morgan fingerprint density at radius 3 is 2.38 bits per heavy atom. The van der Waals surface area contributed by atoms with E-state index in [1.165, 1.54) is 65.0 Å². The Kier molecular flexibility index (Phi) is 5.07. The summed E-state index contributed by atoms with van der Waals surface area (Å²) in [6.45, 7) is 8.53. The molecule has 1 heterocycles. The van der Waals surface area contributed by atoms with Crippen LogP contribution in [0.2, 0.25) is 0 Å². The highest BCUT2D eigenvalue weighted by Crippen LogP contribution is 2.27. The second-order valence-corrected chi connectivity index (χ2v) is 5.43. The van der Waals surface area contributed by atoms with Crippen LogP contribution in [0.1, 0.15) is 32.1 Å². The van der Waals surface area contributed by atoms with Crippen molar-refractivity contribution in [1.82, 2.24) is 9.80 Å². The molecule has 0 amide bonds. The fraction of sp³-hybridized carbons (Fsp3) is 1.00. The number of hydrogen-bond donors (Lipinski definition) is 1. The maximum absolute atomic E-state index is 5.57. The predicted octanol–water partition coefficient (Wildman–Crippen LogP) is 1.14. The minimum Gasteiger partial charge on any atom is -0.330 e. The van der Waals surface area contributed by atoms with E-state index in [1.54, 1.807) is 0 Å². The largest absolute Gasteiger partial charge is 0.330 e. The minimum absolute atomic E-state index is 0.836. The number of nitrogens with zero attached hydrogens (tertiary/aromatic N) is 2. The van der Waals surface area contributed by atoms with E-state index in [9.17, 15) is 0 Å². The van der Waals surface area contributed by atoms with Gasteiger partial charge < -0.3 is 15.5 Å². The van der Waals surface area contributed by atoms with Gasteiger partial charge in [0.25, 0.3) is 0 Å². The Balaban J connectivity index is 1.65. The van der Waals surface area contributed by atoms with Gasteiger partial charge in [-0.1, -0.05) is 6.42 Å². The van der Waals surface area contributed by atoms with Crippen molar-refractivity contribution in [2.45, 2.75) is 32.1 Å². The van der Waals surface area contributed by atoms with Gasteiger partial charge >= 0.3 is 0 Å². The molecule has 0 bridgehead atoms. The van der Waals surface area contributed by atoms with E-state index in [0.717, 1.165) is 18.9 Å². The molecule has 0 atom stereocenters. The molecule has 0 aromatic carbocycles. The number of hydrogen-bond acceptors (Lipinski definition) is 3. The molecule has 0 aromatic rings. The van der Waals surface area contributed by atoms with Crippen molar-refractivity contribution in [3.8, 4) is 0 Å². The summed E-state index contributed by atoms with van der Waals surface area (Å²) in [6, 6.07) is 0. The van der Waals surface area contributed by atoms with Crippen LogP contribution in [0.15, 0.2) is 0 Å². The molecule has 1 saturated heterocycles. The van der Waals surface area contributed by atoms with Crippen LogP contribution in [0.4, 0.5) is 0 Å². The second kappa shape index (κ2) is 6.58. The Morgan fingerprint density at radius 2 is 1.69 bits per heavy atom. The summed E-state index contributed by atoms with van der Waals surface area (Å²) < 4.78 is 0. The lowest BCUT2D eigenvalue weighted by Gasteiger charge is -2.31. The Morgan fingerprint density at radius 1 is 0.938 bits per heavy atom. The smallest absolute Gasteiger partial charge is 0.0109 e. The van der Waals surface area contributed by atoms with Crippen molar-refractivity contribution in [3.63, 3.8) is 0 Å². The molecule has 2 rings (SSSR count). The van der Waals surface area contributed by atoms with Gasteiger partial charge in [0.05, 0.1) is 0 Å². The van der Waals surface area contributed by atoms with Gasteiger partial charge in [-0.05, 0) is 57.8 Å². The molecule has 2 fully saturated rings. The molecule has 0 aromatic heterocycles. The molecule has 2 aliphatic rings. The van der Waals surface area contributed by atoms with Gasteiger partial charge in [-0.15, -0.1) is 0 Å². The zero-order valence-electron chi connectivity index (χ0n) is 10.5. The summed E-state index contributed by atoms with van der Waals surface area (Å²) in [7, 11) is 0. The van der Waals surface area contributed by atoms with Crippen molar-refractivity contribution in [2.75, 3.05) is 45.8 Å². The Hall–Kier alpha value is -0.120. The first kappa shape index (κ1) is 12.3. The van der Waals surface area contributed by atoms with E-state index >= 15 is 0 Å². The third kappa shape index (κ3) is 3.72. The summed E-state index contributed by atoms with van der Waals surface area (Å²) in [4.78, 5) is 5.28. The van der Waals surface area contributed by atoms with Gasteiger partial charge in [0, 0.05) is 19.6 Å². The average molecular weight is 225 g/mol. The molecule has 2 N–H and O–H groups in total. The van der Waals surface area contributed by atoms with E-state index in [1.807, 2.05) is 0 Å². The van der Waals surface area contributed by atoms with Crippen LogP contribution < -0.4 is 5.73 Å². The summed E-state index contributed by atoms with van der Waals surface area (Å²) >= 11 is 0. The topological polar surface area (TPSA) is 32.5 Å². The van der Waals surface area contributed by atoms with Crippen LogP contribution in [0.5, 0.6) is 0 Å².